The minimum absolute atomic E-state index is 0.147. The van der Waals surface area contributed by atoms with Crippen LogP contribution in [0.2, 0.25) is 0 Å². The number of tetrazole rings is 1. The van der Waals surface area contributed by atoms with Crippen LogP contribution in [0.3, 0.4) is 0 Å². The standard InChI is InChI=1S/C30H26F2N4O4/c1-2-40-28(39)19-26(38)18-25(37)16-17-27(36-30(33-34-35-36)22-6-4-3-5-7-22)29(20-8-12-23(31)13-9-20)21-10-14-24(32)15-11-21/h3-17,25,37H,2,18-19H2,1H3. The van der Waals surface area contributed by atoms with Gasteiger partial charge in [-0.2, -0.15) is 4.68 Å². The van der Waals surface area contributed by atoms with Gasteiger partial charge in [-0.05, 0) is 58.8 Å². The number of benzene rings is 3. The number of aliphatic hydroxyl groups excluding tert-OH is 1. The molecule has 0 fully saturated rings. The lowest BCUT2D eigenvalue weighted by atomic mass is 9.95. The van der Waals surface area contributed by atoms with Gasteiger partial charge < -0.3 is 9.84 Å². The number of aromatic nitrogens is 4. The molecule has 0 spiro atoms. The normalized spacial score (nSPS) is 11.8. The topological polar surface area (TPSA) is 107 Å². The Labute approximate surface area is 229 Å². The van der Waals surface area contributed by atoms with Gasteiger partial charge in [0.15, 0.2) is 5.82 Å². The summed E-state index contributed by atoms with van der Waals surface area (Å²) in [5, 5.41) is 22.9. The summed E-state index contributed by atoms with van der Waals surface area (Å²) in [5.41, 5.74) is 2.69. The average molecular weight is 545 g/mol. The van der Waals surface area contributed by atoms with E-state index in [0.717, 1.165) is 0 Å². The average Bonchev–Trinajstić information content (AvgIpc) is 3.43. The van der Waals surface area contributed by atoms with Crippen LogP contribution >= 0.6 is 0 Å². The zero-order valence-electron chi connectivity index (χ0n) is 21.6. The maximum absolute atomic E-state index is 13.9. The highest BCUT2D eigenvalue weighted by atomic mass is 19.1. The molecule has 0 amide bonds. The molecule has 10 heteroatoms. The van der Waals surface area contributed by atoms with Gasteiger partial charge in [0, 0.05) is 17.6 Å². The van der Waals surface area contributed by atoms with Gasteiger partial charge in [0.05, 0.1) is 18.4 Å². The fraction of sp³-hybridized carbons (Fsp3) is 0.167. The van der Waals surface area contributed by atoms with Gasteiger partial charge in [0.25, 0.3) is 0 Å². The molecule has 4 rings (SSSR count). The van der Waals surface area contributed by atoms with Gasteiger partial charge in [-0.3, -0.25) is 9.59 Å². The molecule has 0 saturated carbocycles. The smallest absolute Gasteiger partial charge is 0.313 e. The van der Waals surface area contributed by atoms with Crippen molar-refractivity contribution in [1.29, 1.82) is 0 Å². The molecule has 0 aliphatic heterocycles. The largest absolute Gasteiger partial charge is 0.466 e. The summed E-state index contributed by atoms with van der Waals surface area (Å²) in [4.78, 5) is 23.9. The molecule has 0 saturated heterocycles. The Balaban J connectivity index is 1.85. The molecular weight excluding hydrogens is 518 g/mol. The van der Waals surface area contributed by atoms with E-state index in [4.69, 9.17) is 4.74 Å². The maximum Gasteiger partial charge on any atom is 0.313 e. The first-order valence-corrected chi connectivity index (χ1v) is 12.5. The van der Waals surface area contributed by atoms with Crippen molar-refractivity contribution in [1.82, 2.24) is 20.2 Å². The van der Waals surface area contributed by atoms with E-state index in [0.29, 0.717) is 33.8 Å². The fourth-order valence-corrected chi connectivity index (χ4v) is 4.02. The maximum atomic E-state index is 13.9. The second-order valence-electron chi connectivity index (χ2n) is 8.71. The van der Waals surface area contributed by atoms with Crippen molar-refractivity contribution >= 4 is 23.0 Å². The van der Waals surface area contributed by atoms with Crippen molar-refractivity contribution in [3.05, 3.63) is 114 Å². The predicted molar refractivity (Wildman–Crippen MR) is 144 cm³/mol. The number of carbonyl (C=O) groups is 2. The van der Waals surface area contributed by atoms with Gasteiger partial charge in [-0.25, -0.2) is 8.78 Å². The van der Waals surface area contributed by atoms with Crippen molar-refractivity contribution in [2.24, 2.45) is 0 Å². The lowest BCUT2D eigenvalue weighted by molar-refractivity contribution is -0.145. The summed E-state index contributed by atoms with van der Waals surface area (Å²) < 4.78 is 34.0. The van der Waals surface area contributed by atoms with Crippen LogP contribution in [0.25, 0.3) is 22.7 Å². The summed E-state index contributed by atoms with van der Waals surface area (Å²) in [6, 6.07) is 20.6. The highest BCUT2D eigenvalue weighted by Gasteiger charge is 2.20. The fourth-order valence-electron chi connectivity index (χ4n) is 4.02. The van der Waals surface area contributed by atoms with Gasteiger partial charge in [0.2, 0.25) is 0 Å². The summed E-state index contributed by atoms with van der Waals surface area (Å²) >= 11 is 0. The minimum atomic E-state index is -1.25. The molecule has 1 aromatic heterocycles. The third kappa shape index (κ3) is 7.17. The van der Waals surface area contributed by atoms with Crippen LogP contribution in [-0.2, 0) is 14.3 Å². The number of esters is 1. The zero-order chi connectivity index (χ0) is 28.5. The molecule has 3 aromatic carbocycles. The molecule has 4 aromatic rings. The number of ketones is 1. The van der Waals surface area contributed by atoms with Crippen LogP contribution in [-0.4, -0.2) is 49.8 Å². The van der Waals surface area contributed by atoms with Gasteiger partial charge in [-0.1, -0.05) is 60.7 Å². The molecule has 0 bridgehead atoms. The number of nitrogens with zero attached hydrogens (tertiary/aromatic N) is 4. The summed E-state index contributed by atoms with van der Waals surface area (Å²) in [5.74, 6) is -1.68. The first kappa shape index (κ1) is 28.2. The molecule has 0 radical (unpaired) electrons. The van der Waals surface area contributed by atoms with E-state index in [1.165, 1.54) is 41.1 Å². The van der Waals surface area contributed by atoms with Gasteiger partial charge in [0.1, 0.15) is 23.8 Å². The second kappa shape index (κ2) is 13.3. The number of allylic oxidation sites excluding steroid dienone is 2. The molecule has 8 nitrogen and oxygen atoms in total. The van der Waals surface area contributed by atoms with Crippen molar-refractivity contribution in [2.75, 3.05) is 6.61 Å². The summed E-state index contributed by atoms with van der Waals surface area (Å²) in [6.07, 6.45) is 0.876. The summed E-state index contributed by atoms with van der Waals surface area (Å²) in [6.45, 7) is 1.78. The van der Waals surface area contributed by atoms with E-state index >= 15 is 0 Å². The number of carbonyl (C=O) groups excluding carboxylic acids is 2. The molecule has 40 heavy (non-hydrogen) atoms. The van der Waals surface area contributed by atoms with E-state index in [1.807, 2.05) is 30.3 Å². The Kier molecular flexibility index (Phi) is 9.37. The molecule has 1 heterocycles. The van der Waals surface area contributed by atoms with Crippen LogP contribution < -0.4 is 0 Å². The van der Waals surface area contributed by atoms with E-state index in [9.17, 15) is 23.5 Å². The number of halogens is 2. The van der Waals surface area contributed by atoms with Crippen molar-refractivity contribution in [3.63, 3.8) is 0 Å². The number of Topliss-reactive ketones (excluding diaryl/α,β-unsaturated/α-hetero) is 1. The highest BCUT2D eigenvalue weighted by Crippen LogP contribution is 2.32. The first-order chi connectivity index (χ1) is 19.4. The SMILES string of the molecule is CCOC(=O)CC(=O)CC(O)C=CC(=C(c1ccc(F)cc1)c1ccc(F)cc1)n1nnnc1-c1ccccc1. The molecule has 1 unspecified atom stereocenters. The number of hydrogen-bond acceptors (Lipinski definition) is 7. The minimum Gasteiger partial charge on any atom is -0.466 e. The van der Waals surface area contributed by atoms with E-state index in [2.05, 4.69) is 15.5 Å². The lowest BCUT2D eigenvalue weighted by Crippen LogP contribution is -2.16. The van der Waals surface area contributed by atoms with Crippen LogP contribution in [0, 0.1) is 11.6 Å². The van der Waals surface area contributed by atoms with Crippen molar-refractivity contribution in [2.45, 2.75) is 25.9 Å². The number of rotatable bonds is 11. The van der Waals surface area contributed by atoms with Gasteiger partial charge >= 0.3 is 5.97 Å². The Hall–Kier alpha value is -4.83. The Morgan fingerprint density at radius 2 is 1.55 bits per heavy atom. The van der Waals surface area contributed by atoms with Crippen molar-refractivity contribution < 1.29 is 28.2 Å². The van der Waals surface area contributed by atoms with Gasteiger partial charge in [-0.15, -0.1) is 5.10 Å². The van der Waals surface area contributed by atoms with E-state index in [1.54, 1.807) is 31.2 Å². The molecule has 0 aliphatic rings. The zero-order valence-corrected chi connectivity index (χ0v) is 21.6. The molecule has 204 valence electrons. The van der Waals surface area contributed by atoms with Crippen LogP contribution in [0.4, 0.5) is 8.78 Å². The quantitative estimate of drug-likeness (QED) is 0.163. The molecular formula is C30H26F2N4O4. The Morgan fingerprint density at radius 1 is 0.950 bits per heavy atom. The van der Waals surface area contributed by atoms with E-state index < -0.39 is 35.9 Å². The monoisotopic (exact) mass is 544 g/mol. The molecule has 1 atom stereocenters. The Bertz CT molecular complexity index is 1470. The van der Waals surface area contributed by atoms with E-state index in [-0.39, 0.29) is 13.0 Å². The lowest BCUT2D eigenvalue weighted by Gasteiger charge is -2.16. The summed E-state index contributed by atoms with van der Waals surface area (Å²) in [7, 11) is 0. The third-order valence-electron chi connectivity index (χ3n) is 5.81. The predicted octanol–water partition coefficient (Wildman–Crippen LogP) is 4.86. The second-order valence-corrected chi connectivity index (χ2v) is 8.71. The van der Waals surface area contributed by atoms with Crippen LogP contribution in [0.1, 0.15) is 30.9 Å². The Morgan fingerprint density at radius 3 is 2.12 bits per heavy atom. The number of ether oxygens (including phenoxy) is 1. The first-order valence-electron chi connectivity index (χ1n) is 12.5. The number of hydrogen-bond donors (Lipinski definition) is 1. The van der Waals surface area contributed by atoms with Crippen molar-refractivity contribution in [3.8, 4) is 11.4 Å². The third-order valence-corrected chi connectivity index (χ3v) is 5.81. The highest BCUT2D eigenvalue weighted by molar-refractivity contribution is 5.97. The van der Waals surface area contributed by atoms with Crippen LogP contribution in [0.5, 0.6) is 0 Å². The number of aliphatic hydroxyl groups is 1. The molecule has 0 aliphatic carbocycles. The molecule has 1 N–H and O–H groups in total. The van der Waals surface area contributed by atoms with Crippen LogP contribution in [0.15, 0.2) is 91.0 Å².